The molecule has 7 heteroatoms. The van der Waals surface area contributed by atoms with E-state index in [1.807, 2.05) is 0 Å². The van der Waals surface area contributed by atoms with Crippen molar-refractivity contribution in [2.24, 2.45) is 0 Å². The SMILES string of the molecule is Cc1cc(NC(=O)OC(C)(C)C)cc2c1ncn2C(=O)O. The highest BCUT2D eigenvalue weighted by Crippen LogP contribution is 2.23. The van der Waals surface area contributed by atoms with Crippen LogP contribution in [0.25, 0.3) is 11.0 Å². The average molecular weight is 291 g/mol. The normalized spacial score (nSPS) is 11.4. The fourth-order valence-electron chi connectivity index (χ4n) is 1.94. The first kappa shape index (κ1) is 14.8. The Morgan fingerprint density at radius 1 is 1.33 bits per heavy atom. The van der Waals surface area contributed by atoms with Crippen LogP contribution in [-0.2, 0) is 4.74 Å². The van der Waals surface area contributed by atoms with E-state index < -0.39 is 17.8 Å². The van der Waals surface area contributed by atoms with Gasteiger partial charge in [-0.1, -0.05) is 0 Å². The number of aryl methyl sites for hydroxylation is 1. The fourth-order valence-corrected chi connectivity index (χ4v) is 1.94. The summed E-state index contributed by atoms with van der Waals surface area (Å²) in [5, 5.41) is 11.7. The molecule has 0 aliphatic carbocycles. The van der Waals surface area contributed by atoms with Crippen molar-refractivity contribution in [2.45, 2.75) is 33.3 Å². The molecule has 1 aromatic heterocycles. The van der Waals surface area contributed by atoms with Crippen LogP contribution in [-0.4, -0.2) is 32.4 Å². The zero-order valence-electron chi connectivity index (χ0n) is 12.3. The van der Waals surface area contributed by atoms with Crippen molar-refractivity contribution >= 4 is 28.9 Å². The van der Waals surface area contributed by atoms with Crippen LogP contribution in [0.5, 0.6) is 0 Å². The monoisotopic (exact) mass is 291 g/mol. The van der Waals surface area contributed by atoms with Crippen LogP contribution in [0, 0.1) is 6.92 Å². The molecular formula is C14H17N3O4. The van der Waals surface area contributed by atoms with Crippen LogP contribution in [0.4, 0.5) is 15.3 Å². The average Bonchev–Trinajstić information content (AvgIpc) is 2.70. The molecule has 1 heterocycles. The third-order valence-electron chi connectivity index (χ3n) is 2.69. The van der Waals surface area contributed by atoms with E-state index in [1.165, 1.54) is 6.33 Å². The van der Waals surface area contributed by atoms with E-state index in [0.29, 0.717) is 16.7 Å². The number of benzene rings is 1. The molecule has 0 saturated heterocycles. The van der Waals surface area contributed by atoms with Crippen LogP contribution < -0.4 is 5.32 Å². The molecule has 0 bridgehead atoms. The second-order valence-corrected chi connectivity index (χ2v) is 5.68. The number of amides is 1. The fraction of sp³-hybridized carbons (Fsp3) is 0.357. The maximum atomic E-state index is 11.8. The van der Waals surface area contributed by atoms with Crippen molar-refractivity contribution < 1.29 is 19.4 Å². The van der Waals surface area contributed by atoms with Crippen molar-refractivity contribution in [1.82, 2.24) is 9.55 Å². The summed E-state index contributed by atoms with van der Waals surface area (Å²) in [6.45, 7) is 7.09. The van der Waals surface area contributed by atoms with E-state index in [0.717, 1.165) is 10.1 Å². The molecule has 1 aromatic carbocycles. The highest BCUT2D eigenvalue weighted by Gasteiger charge is 2.17. The van der Waals surface area contributed by atoms with E-state index in [-0.39, 0.29) is 0 Å². The van der Waals surface area contributed by atoms with E-state index in [2.05, 4.69) is 10.3 Å². The molecule has 2 N–H and O–H groups in total. The number of anilines is 1. The lowest BCUT2D eigenvalue weighted by Crippen LogP contribution is -2.27. The Kier molecular flexibility index (Phi) is 3.59. The van der Waals surface area contributed by atoms with Crippen LogP contribution >= 0.6 is 0 Å². The summed E-state index contributed by atoms with van der Waals surface area (Å²) in [6, 6.07) is 3.26. The minimum absolute atomic E-state index is 0.411. The Morgan fingerprint density at radius 2 is 2.00 bits per heavy atom. The molecule has 7 nitrogen and oxygen atoms in total. The van der Waals surface area contributed by atoms with Gasteiger partial charge < -0.3 is 9.84 Å². The molecule has 112 valence electrons. The third-order valence-corrected chi connectivity index (χ3v) is 2.69. The van der Waals surface area contributed by atoms with Crippen LogP contribution in [0.15, 0.2) is 18.5 Å². The van der Waals surface area contributed by atoms with Crippen LogP contribution in [0.3, 0.4) is 0 Å². The van der Waals surface area contributed by atoms with Gasteiger partial charge in [0, 0.05) is 5.69 Å². The second kappa shape index (κ2) is 5.08. The predicted octanol–water partition coefficient (Wildman–Crippen LogP) is 3.22. The summed E-state index contributed by atoms with van der Waals surface area (Å²) >= 11 is 0. The van der Waals surface area contributed by atoms with Crippen molar-refractivity contribution in [2.75, 3.05) is 5.32 Å². The van der Waals surface area contributed by atoms with Gasteiger partial charge in [0.05, 0.1) is 11.0 Å². The highest BCUT2D eigenvalue weighted by molar-refractivity contribution is 5.93. The molecule has 2 aromatic rings. The number of carbonyl (C=O) groups is 2. The van der Waals surface area contributed by atoms with Crippen molar-refractivity contribution in [3.8, 4) is 0 Å². The van der Waals surface area contributed by atoms with E-state index in [4.69, 9.17) is 9.84 Å². The quantitative estimate of drug-likeness (QED) is 0.841. The van der Waals surface area contributed by atoms with Gasteiger partial charge in [-0.05, 0) is 45.4 Å². The first-order chi connectivity index (χ1) is 9.67. The molecule has 0 spiro atoms. The molecular weight excluding hydrogens is 274 g/mol. The Hall–Kier alpha value is -2.57. The van der Waals surface area contributed by atoms with Gasteiger partial charge in [0.15, 0.2) is 0 Å². The lowest BCUT2D eigenvalue weighted by Gasteiger charge is -2.19. The number of nitrogens with zero attached hydrogens (tertiary/aromatic N) is 2. The standard InChI is InChI=1S/C14H17N3O4/c1-8-5-9(16-12(18)21-14(2,3)4)6-10-11(8)15-7-17(10)13(19)20/h5-7H,1-4H3,(H,16,18)(H,19,20). The van der Waals surface area contributed by atoms with Crippen LogP contribution in [0.2, 0.25) is 0 Å². The second-order valence-electron chi connectivity index (χ2n) is 5.68. The minimum atomic E-state index is -1.13. The number of carbonyl (C=O) groups excluding carboxylic acids is 1. The maximum Gasteiger partial charge on any atom is 0.417 e. The van der Waals surface area contributed by atoms with E-state index in [1.54, 1.807) is 39.8 Å². The summed E-state index contributed by atoms with van der Waals surface area (Å²) < 4.78 is 6.17. The number of rotatable bonds is 1. The van der Waals surface area contributed by atoms with Gasteiger partial charge in [0.2, 0.25) is 0 Å². The molecule has 0 atom stereocenters. The molecule has 0 aliphatic rings. The Labute approximate surface area is 121 Å². The summed E-state index contributed by atoms with van der Waals surface area (Å²) in [5.74, 6) is 0. The number of hydrogen-bond acceptors (Lipinski definition) is 4. The van der Waals surface area contributed by atoms with Crippen molar-refractivity contribution in [3.05, 3.63) is 24.0 Å². The number of hydrogen-bond donors (Lipinski definition) is 2. The Morgan fingerprint density at radius 3 is 2.57 bits per heavy atom. The number of aromatic nitrogens is 2. The summed E-state index contributed by atoms with van der Waals surface area (Å²) in [4.78, 5) is 26.9. The summed E-state index contributed by atoms with van der Waals surface area (Å²) in [5.41, 5.74) is 1.60. The number of imidazole rings is 1. The zero-order chi connectivity index (χ0) is 15.8. The number of fused-ring (bicyclic) bond motifs is 1. The summed E-state index contributed by atoms with van der Waals surface area (Å²) in [6.07, 6.45) is -0.494. The van der Waals surface area contributed by atoms with E-state index >= 15 is 0 Å². The largest absolute Gasteiger partial charge is 0.464 e. The van der Waals surface area contributed by atoms with Crippen molar-refractivity contribution in [3.63, 3.8) is 0 Å². The Balaban J connectivity index is 2.35. The zero-order valence-corrected chi connectivity index (χ0v) is 12.3. The minimum Gasteiger partial charge on any atom is -0.464 e. The maximum absolute atomic E-state index is 11.8. The summed E-state index contributed by atoms with van der Waals surface area (Å²) in [7, 11) is 0. The highest BCUT2D eigenvalue weighted by atomic mass is 16.6. The topological polar surface area (TPSA) is 93.5 Å². The first-order valence-electron chi connectivity index (χ1n) is 6.38. The predicted molar refractivity (Wildman–Crippen MR) is 77.7 cm³/mol. The molecule has 1 amide bonds. The van der Waals surface area contributed by atoms with Gasteiger partial charge in [-0.25, -0.2) is 19.1 Å². The molecule has 0 fully saturated rings. The third kappa shape index (κ3) is 3.31. The number of nitrogens with one attached hydrogen (secondary N) is 1. The number of carboxylic acid groups (broad SMARTS) is 1. The first-order valence-corrected chi connectivity index (χ1v) is 6.38. The van der Waals surface area contributed by atoms with Crippen LogP contribution in [0.1, 0.15) is 26.3 Å². The smallest absolute Gasteiger partial charge is 0.417 e. The van der Waals surface area contributed by atoms with Gasteiger partial charge in [0.25, 0.3) is 0 Å². The molecule has 21 heavy (non-hydrogen) atoms. The molecule has 0 radical (unpaired) electrons. The lowest BCUT2D eigenvalue weighted by atomic mass is 10.2. The molecule has 2 rings (SSSR count). The van der Waals surface area contributed by atoms with Gasteiger partial charge in [-0.3, -0.25) is 5.32 Å². The van der Waals surface area contributed by atoms with Gasteiger partial charge in [-0.15, -0.1) is 0 Å². The van der Waals surface area contributed by atoms with Crippen molar-refractivity contribution in [1.29, 1.82) is 0 Å². The van der Waals surface area contributed by atoms with Gasteiger partial charge >= 0.3 is 12.2 Å². The molecule has 0 unspecified atom stereocenters. The van der Waals surface area contributed by atoms with E-state index in [9.17, 15) is 9.59 Å². The number of ether oxygens (including phenoxy) is 1. The van der Waals surface area contributed by atoms with Gasteiger partial charge in [0.1, 0.15) is 11.9 Å². The Bertz CT molecular complexity index is 713. The van der Waals surface area contributed by atoms with Gasteiger partial charge in [-0.2, -0.15) is 0 Å². The molecule has 0 saturated carbocycles. The molecule has 0 aliphatic heterocycles. The lowest BCUT2D eigenvalue weighted by molar-refractivity contribution is 0.0636.